The highest BCUT2D eigenvalue weighted by Gasteiger charge is 2.14. The second kappa shape index (κ2) is 5.00. The second-order valence-electron chi connectivity index (χ2n) is 2.36. The first-order valence-corrected chi connectivity index (χ1v) is 5.02. The van der Waals surface area contributed by atoms with E-state index in [0.717, 1.165) is 4.90 Å². The molecule has 0 aromatic rings. The molecule has 0 fully saturated rings. The number of nitrogens with zero attached hydrogens (tertiary/aromatic N) is 1. The largest absolute Gasteiger partial charge is 0.395 e. The lowest BCUT2D eigenvalue weighted by atomic mass is 10.7. The quantitative estimate of drug-likeness (QED) is 0.490. The van der Waals surface area contributed by atoms with Crippen LogP contribution in [0.1, 0.15) is 0 Å². The van der Waals surface area contributed by atoms with E-state index in [1.165, 1.54) is 7.05 Å². The molecule has 0 aliphatic heterocycles. The summed E-state index contributed by atoms with van der Waals surface area (Å²) in [6, 6.07) is -0.674. The van der Waals surface area contributed by atoms with Gasteiger partial charge in [-0.2, -0.15) is 8.42 Å². The van der Waals surface area contributed by atoms with Crippen LogP contribution >= 0.6 is 0 Å². The van der Waals surface area contributed by atoms with E-state index in [4.69, 9.17) is 9.66 Å². The van der Waals surface area contributed by atoms with Crippen LogP contribution in [0.3, 0.4) is 0 Å². The number of amides is 2. The Morgan fingerprint density at radius 1 is 1.54 bits per heavy atom. The summed E-state index contributed by atoms with van der Waals surface area (Å²) in [5.41, 5.74) is 0. The molecule has 0 aliphatic rings. The standard InChI is InChI=1S/C5H12N2O5S/c1-7(4-13(10,11)12)5(9)6-2-3-8/h8H,2-4H2,1H3,(H,6,9)(H,10,11,12). The Morgan fingerprint density at radius 3 is 2.46 bits per heavy atom. The van der Waals surface area contributed by atoms with Crippen molar-refractivity contribution in [1.29, 1.82) is 0 Å². The number of nitrogens with one attached hydrogen (secondary N) is 1. The second-order valence-corrected chi connectivity index (χ2v) is 3.79. The molecular formula is C5H12N2O5S. The van der Waals surface area contributed by atoms with Crippen molar-refractivity contribution >= 4 is 16.1 Å². The molecule has 78 valence electrons. The molecule has 0 saturated carbocycles. The fourth-order valence-electron chi connectivity index (χ4n) is 0.601. The van der Waals surface area contributed by atoms with Crippen LogP contribution in [0.15, 0.2) is 0 Å². The summed E-state index contributed by atoms with van der Waals surface area (Å²) < 4.78 is 29.0. The molecule has 3 N–H and O–H groups in total. The molecule has 0 rings (SSSR count). The predicted molar refractivity (Wildman–Crippen MR) is 44.7 cm³/mol. The van der Waals surface area contributed by atoms with E-state index in [0.29, 0.717) is 0 Å². The normalized spacial score (nSPS) is 11.0. The summed E-state index contributed by atoms with van der Waals surface area (Å²) in [5, 5.41) is 10.5. The Labute approximate surface area is 76.1 Å². The van der Waals surface area contributed by atoms with Gasteiger partial charge in [-0.3, -0.25) is 4.55 Å². The van der Waals surface area contributed by atoms with Gasteiger partial charge in [-0.1, -0.05) is 0 Å². The molecule has 2 amide bonds. The van der Waals surface area contributed by atoms with Gasteiger partial charge < -0.3 is 15.3 Å². The Balaban J connectivity index is 3.97. The van der Waals surface area contributed by atoms with E-state index in [-0.39, 0.29) is 13.2 Å². The Kier molecular flexibility index (Phi) is 4.67. The van der Waals surface area contributed by atoms with Crippen LogP contribution in [-0.4, -0.2) is 55.1 Å². The van der Waals surface area contributed by atoms with Gasteiger partial charge in [-0.25, -0.2) is 4.79 Å². The van der Waals surface area contributed by atoms with Crippen molar-refractivity contribution in [2.24, 2.45) is 0 Å². The molecule has 0 bridgehead atoms. The van der Waals surface area contributed by atoms with Gasteiger partial charge in [0, 0.05) is 13.6 Å². The molecule has 0 atom stereocenters. The third kappa shape index (κ3) is 6.31. The number of rotatable bonds is 4. The number of aliphatic hydroxyl groups excluding tert-OH is 1. The van der Waals surface area contributed by atoms with Gasteiger partial charge in [0.1, 0.15) is 5.88 Å². The van der Waals surface area contributed by atoms with Gasteiger partial charge in [0.25, 0.3) is 10.1 Å². The number of hydrogen-bond donors (Lipinski definition) is 3. The Bertz CT molecular complexity index is 262. The lowest BCUT2D eigenvalue weighted by Crippen LogP contribution is -2.40. The van der Waals surface area contributed by atoms with Gasteiger partial charge >= 0.3 is 6.03 Å². The molecule has 0 heterocycles. The number of urea groups is 1. The van der Waals surface area contributed by atoms with Crippen LogP contribution in [0.2, 0.25) is 0 Å². The Hall–Kier alpha value is -0.860. The highest BCUT2D eigenvalue weighted by Crippen LogP contribution is 1.89. The first-order chi connectivity index (χ1) is 5.87. The highest BCUT2D eigenvalue weighted by molar-refractivity contribution is 7.85. The number of hydrogen-bond acceptors (Lipinski definition) is 4. The fourth-order valence-corrected chi connectivity index (χ4v) is 1.21. The van der Waals surface area contributed by atoms with Crippen molar-refractivity contribution in [1.82, 2.24) is 10.2 Å². The first-order valence-electron chi connectivity index (χ1n) is 3.42. The van der Waals surface area contributed by atoms with E-state index in [1.54, 1.807) is 0 Å². The summed E-state index contributed by atoms with van der Waals surface area (Å²) in [7, 11) is -2.98. The molecule has 0 aromatic heterocycles. The minimum Gasteiger partial charge on any atom is -0.395 e. The summed E-state index contributed by atoms with van der Waals surface area (Å²) in [5.74, 6) is -0.774. The van der Waals surface area contributed by atoms with Gasteiger partial charge in [-0.05, 0) is 0 Å². The third-order valence-electron chi connectivity index (χ3n) is 1.09. The lowest BCUT2D eigenvalue weighted by molar-refractivity contribution is 0.208. The number of carbonyl (C=O) groups is 1. The zero-order chi connectivity index (χ0) is 10.5. The van der Waals surface area contributed by atoms with E-state index in [1.807, 2.05) is 0 Å². The average molecular weight is 212 g/mol. The molecule has 0 unspecified atom stereocenters. The van der Waals surface area contributed by atoms with Gasteiger partial charge in [0.15, 0.2) is 0 Å². The van der Waals surface area contributed by atoms with Crippen molar-refractivity contribution in [2.75, 3.05) is 26.1 Å². The average Bonchev–Trinajstić information content (AvgIpc) is 1.96. The predicted octanol–water partition coefficient (Wildman–Crippen LogP) is -1.53. The van der Waals surface area contributed by atoms with Crippen LogP contribution in [-0.2, 0) is 10.1 Å². The zero-order valence-corrected chi connectivity index (χ0v) is 7.91. The van der Waals surface area contributed by atoms with Crippen LogP contribution in [0.25, 0.3) is 0 Å². The SMILES string of the molecule is CN(CS(=O)(=O)O)C(=O)NCCO. The van der Waals surface area contributed by atoms with Crippen LogP contribution < -0.4 is 5.32 Å². The molecule has 0 radical (unpaired) electrons. The molecule has 0 saturated heterocycles. The molecule has 0 aliphatic carbocycles. The molecule has 13 heavy (non-hydrogen) atoms. The minimum atomic E-state index is -4.19. The summed E-state index contributed by atoms with van der Waals surface area (Å²) >= 11 is 0. The summed E-state index contributed by atoms with van der Waals surface area (Å²) in [6.07, 6.45) is 0. The molecule has 7 nitrogen and oxygen atoms in total. The molecular weight excluding hydrogens is 200 g/mol. The molecule has 0 spiro atoms. The molecule has 8 heteroatoms. The van der Waals surface area contributed by atoms with E-state index in [2.05, 4.69) is 5.32 Å². The third-order valence-corrected chi connectivity index (χ3v) is 1.81. The van der Waals surface area contributed by atoms with Gasteiger partial charge in [0.05, 0.1) is 6.61 Å². The zero-order valence-electron chi connectivity index (χ0n) is 7.10. The van der Waals surface area contributed by atoms with Crippen molar-refractivity contribution in [3.8, 4) is 0 Å². The van der Waals surface area contributed by atoms with Gasteiger partial charge in [-0.15, -0.1) is 0 Å². The summed E-state index contributed by atoms with van der Waals surface area (Å²) in [6.45, 7) is -0.194. The maximum absolute atomic E-state index is 10.9. The van der Waals surface area contributed by atoms with Crippen molar-refractivity contribution in [2.45, 2.75) is 0 Å². The van der Waals surface area contributed by atoms with Crippen molar-refractivity contribution in [3.05, 3.63) is 0 Å². The van der Waals surface area contributed by atoms with Crippen LogP contribution in [0.5, 0.6) is 0 Å². The summed E-state index contributed by atoms with van der Waals surface area (Å²) in [4.78, 5) is 11.7. The van der Waals surface area contributed by atoms with E-state index >= 15 is 0 Å². The topological polar surface area (TPSA) is 107 Å². The number of aliphatic hydroxyl groups is 1. The first kappa shape index (κ1) is 12.1. The maximum atomic E-state index is 10.9. The maximum Gasteiger partial charge on any atom is 0.318 e. The minimum absolute atomic E-state index is 0.0364. The van der Waals surface area contributed by atoms with E-state index in [9.17, 15) is 13.2 Å². The van der Waals surface area contributed by atoms with E-state index < -0.39 is 22.0 Å². The smallest absolute Gasteiger partial charge is 0.318 e. The number of carbonyl (C=O) groups excluding carboxylic acids is 1. The Morgan fingerprint density at radius 2 is 2.08 bits per heavy atom. The van der Waals surface area contributed by atoms with Crippen LogP contribution in [0, 0.1) is 0 Å². The van der Waals surface area contributed by atoms with Crippen LogP contribution in [0.4, 0.5) is 4.79 Å². The van der Waals surface area contributed by atoms with Gasteiger partial charge in [0.2, 0.25) is 0 Å². The fraction of sp³-hybridized carbons (Fsp3) is 0.800. The monoisotopic (exact) mass is 212 g/mol. The van der Waals surface area contributed by atoms with Crippen molar-refractivity contribution < 1.29 is 22.9 Å². The highest BCUT2D eigenvalue weighted by atomic mass is 32.2. The molecule has 0 aromatic carbocycles. The lowest BCUT2D eigenvalue weighted by Gasteiger charge is -2.15. The van der Waals surface area contributed by atoms with Crippen molar-refractivity contribution in [3.63, 3.8) is 0 Å².